The molecule has 9 heteroatoms. The Morgan fingerprint density at radius 3 is 2.66 bits per heavy atom. The van der Waals surface area contributed by atoms with Crippen LogP contribution in [0.5, 0.6) is 5.75 Å². The first-order valence-corrected chi connectivity index (χ1v) is 9.43. The van der Waals surface area contributed by atoms with Gasteiger partial charge >= 0.3 is 0 Å². The molecule has 29 heavy (non-hydrogen) atoms. The second-order valence-corrected chi connectivity index (χ2v) is 6.90. The predicted molar refractivity (Wildman–Crippen MR) is 104 cm³/mol. The number of rotatable bonds is 6. The van der Waals surface area contributed by atoms with Crippen molar-refractivity contribution in [2.24, 2.45) is 0 Å². The number of nitrogens with one attached hydrogen (secondary N) is 1. The van der Waals surface area contributed by atoms with E-state index in [2.05, 4.69) is 25.7 Å². The Labute approximate surface area is 167 Å². The lowest BCUT2D eigenvalue weighted by Gasteiger charge is -2.31. The Balaban J connectivity index is 1.22. The molecule has 0 atom stereocenters. The van der Waals surface area contributed by atoms with E-state index in [-0.39, 0.29) is 17.8 Å². The Morgan fingerprint density at radius 2 is 1.97 bits per heavy atom. The van der Waals surface area contributed by atoms with Crippen LogP contribution in [0.4, 0.5) is 10.1 Å². The van der Waals surface area contributed by atoms with Crippen LogP contribution in [0.25, 0.3) is 5.69 Å². The smallest absolute Gasteiger partial charge is 0.238 e. The number of benzene rings is 2. The largest absolute Gasteiger partial charge is 0.490 e. The van der Waals surface area contributed by atoms with Crippen molar-refractivity contribution in [1.29, 1.82) is 0 Å². The van der Waals surface area contributed by atoms with Gasteiger partial charge in [0.2, 0.25) is 5.91 Å². The Morgan fingerprint density at radius 1 is 1.17 bits per heavy atom. The van der Waals surface area contributed by atoms with E-state index in [9.17, 15) is 9.18 Å². The van der Waals surface area contributed by atoms with E-state index >= 15 is 0 Å². The molecule has 1 saturated heterocycles. The Kier molecular flexibility index (Phi) is 5.76. The van der Waals surface area contributed by atoms with Crippen LogP contribution in [0.3, 0.4) is 0 Å². The van der Waals surface area contributed by atoms with Gasteiger partial charge in [0.25, 0.3) is 0 Å². The summed E-state index contributed by atoms with van der Waals surface area (Å²) in [5.74, 6) is 0.179. The zero-order valence-electron chi connectivity index (χ0n) is 15.7. The fraction of sp³-hybridized carbons (Fsp3) is 0.300. The maximum Gasteiger partial charge on any atom is 0.238 e. The highest BCUT2D eigenvalue weighted by Gasteiger charge is 2.22. The summed E-state index contributed by atoms with van der Waals surface area (Å²) in [5, 5.41) is 13.9. The first-order chi connectivity index (χ1) is 14.2. The van der Waals surface area contributed by atoms with Crippen LogP contribution in [-0.2, 0) is 4.79 Å². The summed E-state index contributed by atoms with van der Waals surface area (Å²) in [6, 6.07) is 13.5. The van der Waals surface area contributed by atoms with Crippen LogP contribution in [0.2, 0.25) is 0 Å². The molecule has 0 bridgehead atoms. The molecule has 0 aliphatic carbocycles. The molecule has 3 aromatic rings. The van der Waals surface area contributed by atoms with Gasteiger partial charge in [-0.05, 0) is 59.7 Å². The average Bonchev–Trinajstić information content (AvgIpc) is 3.25. The number of amides is 1. The molecule has 1 N–H and O–H groups in total. The number of hydrogen-bond acceptors (Lipinski definition) is 6. The molecule has 0 spiro atoms. The topological polar surface area (TPSA) is 85.2 Å². The van der Waals surface area contributed by atoms with Crippen molar-refractivity contribution in [2.75, 3.05) is 25.0 Å². The molecule has 1 aliphatic rings. The maximum atomic E-state index is 13.3. The van der Waals surface area contributed by atoms with Crippen LogP contribution < -0.4 is 10.1 Å². The number of nitrogens with zero attached hydrogens (tertiary/aromatic N) is 5. The number of hydrogen-bond donors (Lipinski definition) is 1. The first-order valence-electron chi connectivity index (χ1n) is 9.43. The zero-order valence-corrected chi connectivity index (χ0v) is 15.7. The third kappa shape index (κ3) is 5.14. The molecule has 150 valence electrons. The second-order valence-electron chi connectivity index (χ2n) is 6.90. The minimum absolute atomic E-state index is 0.0370. The van der Waals surface area contributed by atoms with Gasteiger partial charge in [0, 0.05) is 24.8 Å². The molecule has 8 nitrogen and oxygen atoms in total. The lowest BCUT2D eigenvalue weighted by Crippen LogP contribution is -2.42. The van der Waals surface area contributed by atoms with Crippen LogP contribution in [0.15, 0.2) is 54.9 Å². The molecule has 1 aliphatic heterocycles. The predicted octanol–water partition coefficient (Wildman–Crippen LogP) is 2.28. The number of piperidine rings is 1. The number of carbonyl (C=O) groups excluding carboxylic acids is 1. The van der Waals surface area contributed by atoms with Gasteiger partial charge in [-0.25, -0.2) is 9.07 Å². The molecule has 4 rings (SSSR count). The monoisotopic (exact) mass is 396 g/mol. The Bertz CT molecular complexity index is 940. The van der Waals surface area contributed by atoms with Gasteiger partial charge in [-0.2, -0.15) is 0 Å². The number of aromatic nitrogens is 4. The highest BCUT2D eigenvalue weighted by Crippen LogP contribution is 2.20. The quantitative estimate of drug-likeness (QED) is 0.688. The molecule has 2 aromatic carbocycles. The first kappa shape index (κ1) is 19.0. The normalized spacial score (nSPS) is 15.2. The van der Waals surface area contributed by atoms with Gasteiger partial charge in [-0.15, -0.1) is 5.10 Å². The van der Waals surface area contributed by atoms with E-state index in [1.54, 1.807) is 16.8 Å². The van der Waals surface area contributed by atoms with E-state index in [1.165, 1.54) is 18.5 Å². The molecule has 1 amide bonds. The van der Waals surface area contributed by atoms with Gasteiger partial charge in [-0.3, -0.25) is 9.69 Å². The highest BCUT2D eigenvalue weighted by molar-refractivity contribution is 5.92. The zero-order chi connectivity index (χ0) is 20.1. The SMILES string of the molecule is O=C(CN1CCC(Oc2cccc(F)c2)CC1)Nc1ccc(-n2cnnn2)cc1. The number of likely N-dealkylation sites (tertiary alicyclic amines) is 1. The molecule has 0 unspecified atom stereocenters. The van der Waals surface area contributed by atoms with Gasteiger partial charge in [0.1, 0.15) is 24.0 Å². The number of tetrazole rings is 1. The minimum atomic E-state index is -0.303. The fourth-order valence-corrected chi connectivity index (χ4v) is 3.30. The van der Waals surface area contributed by atoms with Crippen molar-refractivity contribution in [3.05, 3.63) is 60.7 Å². The van der Waals surface area contributed by atoms with Crippen LogP contribution in [0, 0.1) is 5.82 Å². The standard InChI is InChI=1S/C20H21FN6O2/c21-15-2-1-3-19(12-15)29-18-8-10-26(11-9-18)13-20(28)23-16-4-6-17(7-5-16)27-14-22-24-25-27/h1-7,12,14,18H,8-11,13H2,(H,23,28). The maximum absolute atomic E-state index is 13.3. The van der Waals surface area contributed by atoms with E-state index in [1.807, 2.05) is 24.3 Å². The summed E-state index contributed by atoms with van der Waals surface area (Å²) in [6.45, 7) is 1.83. The van der Waals surface area contributed by atoms with Crippen LogP contribution in [0.1, 0.15) is 12.8 Å². The molecule has 1 fully saturated rings. The summed E-state index contributed by atoms with van der Waals surface area (Å²) < 4.78 is 20.6. The van der Waals surface area contributed by atoms with Crippen molar-refractivity contribution in [2.45, 2.75) is 18.9 Å². The number of anilines is 1. The van der Waals surface area contributed by atoms with Gasteiger partial charge in [-0.1, -0.05) is 6.07 Å². The second kappa shape index (κ2) is 8.78. The van der Waals surface area contributed by atoms with Crippen molar-refractivity contribution in [1.82, 2.24) is 25.1 Å². The molecule has 0 radical (unpaired) electrons. The van der Waals surface area contributed by atoms with E-state index < -0.39 is 0 Å². The summed E-state index contributed by atoms with van der Waals surface area (Å²) >= 11 is 0. The van der Waals surface area contributed by atoms with Gasteiger partial charge < -0.3 is 10.1 Å². The van der Waals surface area contributed by atoms with Crippen molar-refractivity contribution >= 4 is 11.6 Å². The minimum Gasteiger partial charge on any atom is -0.490 e. The van der Waals surface area contributed by atoms with Crippen molar-refractivity contribution in [3.63, 3.8) is 0 Å². The highest BCUT2D eigenvalue weighted by atomic mass is 19.1. The molecular formula is C20H21FN6O2. The van der Waals surface area contributed by atoms with Crippen LogP contribution in [-0.4, -0.2) is 56.8 Å². The number of halogens is 1. The third-order valence-corrected chi connectivity index (χ3v) is 4.77. The molecule has 0 saturated carbocycles. The molecule has 1 aromatic heterocycles. The van der Waals surface area contributed by atoms with Gasteiger partial charge in [0.15, 0.2) is 0 Å². The van der Waals surface area contributed by atoms with Crippen molar-refractivity contribution in [3.8, 4) is 11.4 Å². The fourth-order valence-electron chi connectivity index (χ4n) is 3.30. The van der Waals surface area contributed by atoms with Crippen LogP contribution >= 0.6 is 0 Å². The number of carbonyl (C=O) groups is 1. The molecule has 2 heterocycles. The lowest BCUT2D eigenvalue weighted by atomic mass is 10.1. The summed E-state index contributed by atoms with van der Waals surface area (Å²) in [5.41, 5.74) is 1.53. The van der Waals surface area contributed by atoms with E-state index in [4.69, 9.17) is 4.74 Å². The van der Waals surface area contributed by atoms with E-state index in [0.717, 1.165) is 37.3 Å². The molecular weight excluding hydrogens is 375 g/mol. The number of ether oxygens (including phenoxy) is 1. The van der Waals surface area contributed by atoms with Crippen molar-refractivity contribution < 1.29 is 13.9 Å². The van der Waals surface area contributed by atoms with Gasteiger partial charge in [0.05, 0.1) is 12.2 Å². The van der Waals surface area contributed by atoms with E-state index in [0.29, 0.717) is 12.3 Å². The summed E-state index contributed by atoms with van der Waals surface area (Å²) in [4.78, 5) is 14.4. The Hall–Kier alpha value is -3.33. The third-order valence-electron chi connectivity index (χ3n) is 4.77. The summed E-state index contributed by atoms with van der Waals surface area (Å²) in [7, 11) is 0. The summed E-state index contributed by atoms with van der Waals surface area (Å²) in [6.07, 6.45) is 3.14. The lowest BCUT2D eigenvalue weighted by molar-refractivity contribution is -0.117. The average molecular weight is 396 g/mol.